The molecule has 0 aliphatic carbocycles. The highest BCUT2D eigenvalue weighted by Gasteiger charge is 2.57. The number of aliphatic carboxylic acids is 1. The summed E-state index contributed by atoms with van der Waals surface area (Å²) in [6.45, 7) is 14.3. The minimum atomic E-state index is -3.33. The normalized spacial score (nSPS) is 20.0. The zero-order valence-corrected chi connectivity index (χ0v) is 38.6. The van der Waals surface area contributed by atoms with Gasteiger partial charge in [-0.25, -0.2) is 14.4 Å². The predicted octanol–water partition coefficient (Wildman–Crippen LogP) is 6.80. The second-order valence-electron chi connectivity index (χ2n) is 17.4. The molecule has 3 aromatic carbocycles. The quantitative estimate of drug-likeness (QED) is 0.0574. The third-order valence-corrected chi connectivity index (χ3v) is 20.8. The molecule has 2 heterocycles. The molecule has 61 heavy (non-hydrogen) atoms. The molecule has 1 N–H and O–H groups in total. The highest BCUT2D eigenvalue weighted by molar-refractivity contribution is 7.96. The molecule has 0 aromatic heterocycles. The number of amides is 3. The average Bonchev–Trinajstić information content (AvgIpc) is 3.61. The van der Waals surface area contributed by atoms with E-state index in [4.69, 9.17) is 13.9 Å². The van der Waals surface area contributed by atoms with Gasteiger partial charge in [0.05, 0.1) is 30.7 Å². The summed E-state index contributed by atoms with van der Waals surface area (Å²) in [4.78, 5) is 73.6. The largest absolute Gasteiger partial charge is 0.477 e. The van der Waals surface area contributed by atoms with Crippen molar-refractivity contribution in [2.45, 2.75) is 89.9 Å². The van der Waals surface area contributed by atoms with Gasteiger partial charge in [-0.2, -0.15) is 0 Å². The van der Waals surface area contributed by atoms with Crippen LogP contribution in [0.25, 0.3) is 0 Å². The van der Waals surface area contributed by atoms with Crippen LogP contribution in [0.4, 0.5) is 9.59 Å². The average molecular weight is 870 g/mol. The molecule has 0 unspecified atom stereocenters. The van der Waals surface area contributed by atoms with E-state index in [1.165, 1.54) is 20.8 Å². The van der Waals surface area contributed by atoms with Gasteiger partial charge in [0.25, 0.3) is 0 Å². The molecule has 326 valence electrons. The van der Waals surface area contributed by atoms with Crippen LogP contribution in [0.1, 0.15) is 47.5 Å². The van der Waals surface area contributed by atoms with Crippen LogP contribution in [-0.2, 0) is 28.3 Å². The van der Waals surface area contributed by atoms with E-state index in [9.17, 15) is 24.3 Å². The topological polar surface area (TPSA) is 143 Å². The number of carbonyl (C=O) groups excluding carboxylic acids is 4. The summed E-state index contributed by atoms with van der Waals surface area (Å²) in [7, 11) is 0.668. The second kappa shape index (κ2) is 19.2. The van der Waals surface area contributed by atoms with Gasteiger partial charge >= 0.3 is 18.2 Å². The Kier molecular flexibility index (Phi) is 14.8. The SMILES string of the molecule is C=CCOC(=O)N1C[C@H](OC(=O)N(C)C)C[C@H]1C=C(C)C(=O)C[C@@H]1[C@@H]([C@@H](C)O[Si](C)(C)C(C)(C)C)C(=O)N1C(C(=O)O)=P(c1ccccc1)(c1ccccc1)c1ccccc1. The van der Waals surface area contributed by atoms with Gasteiger partial charge in [0.2, 0.25) is 5.91 Å². The highest BCUT2D eigenvalue weighted by atomic mass is 31.2. The molecule has 2 aliphatic rings. The third kappa shape index (κ3) is 9.80. The first-order valence-electron chi connectivity index (χ1n) is 20.6. The van der Waals surface area contributed by atoms with Gasteiger partial charge in [0, 0.05) is 33.8 Å². The molecule has 3 amide bonds. The number of carboxylic acid groups (broad SMARTS) is 1. The number of hydrogen-bond donors (Lipinski definition) is 1. The number of rotatable bonds is 15. The number of benzene rings is 3. The number of carbonyl (C=O) groups is 5. The number of allylic oxidation sites excluding steroid dienone is 1. The fraction of sp³-hybridized carbons (Fsp3) is 0.404. The maximum absolute atomic E-state index is 15.0. The van der Waals surface area contributed by atoms with Crippen molar-refractivity contribution in [2.24, 2.45) is 5.92 Å². The van der Waals surface area contributed by atoms with Gasteiger partial charge in [-0.3, -0.25) is 14.5 Å². The van der Waals surface area contributed by atoms with E-state index in [0.717, 1.165) is 15.9 Å². The van der Waals surface area contributed by atoms with Gasteiger partial charge in [0.15, 0.2) is 14.1 Å². The fourth-order valence-electron chi connectivity index (χ4n) is 7.93. The van der Waals surface area contributed by atoms with E-state index in [1.807, 2.05) is 97.9 Å². The fourth-order valence-corrected chi connectivity index (χ4v) is 13.7. The molecule has 5 atom stereocenters. The van der Waals surface area contributed by atoms with Gasteiger partial charge in [-0.1, -0.05) is 130 Å². The van der Waals surface area contributed by atoms with Gasteiger partial charge in [-0.15, -0.1) is 0 Å². The predicted molar refractivity (Wildman–Crippen MR) is 244 cm³/mol. The van der Waals surface area contributed by atoms with E-state index in [1.54, 1.807) is 27.1 Å². The molecule has 0 spiro atoms. The number of likely N-dealkylation sites (tertiary alicyclic amines) is 2. The summed E-state index contributed by atoms with van der Waals surface area (Å²) in [5.74, 6) is -2.87. The molecular formula is C47H60N3O9PSi. The summed E-state index contributed by atoms with van der Waals surface area (Å²) in [6, 6.07) is 26.7. The number of Topliss-reactive ketones (excluding diaryl/α,β-unsaturated/α-hetero) is 1. The van der Waals surface area contributed by atoms with Crippen molar-refractivity contribution in [2.75, 3.05) is 27.2 Å². The maximum atomic E-state index is 15.0. The van der Waals surface area contributed by atoms with Crippen LogP contribution in [-0.4, -0.2) is 115 Å². The minimum Gasteiger partial charge on any atom is -0.477 e. The smallest absolute Gasteiger partial charge is 0.410 e. The molecule has 2 aliphatic heterocycles. The first-order chi connectivity index (χ1) is 28.8. The van der Waals surface area contributed by atoms with E-state index in [0.29, 0.717) is 5.57 Å². The van der Waals surface area contributed by atoms with Crippen LogP contribution in [0.5, 0.6) is 0 Å². The van der Waals surface area contributed by atoms with Crippen molar-refractivity contribution < 1.29 is 43.0 Å². The van der Waals surface area contributed by atoms with Crippen molar-refractivity contribution in [3.63, 3.8) is 0 Å². The Morgan fingerprint density at radius 1 is 0.934 bits per heavy atom. The van der Waals surface area contributed by atoms with Crippen molar-refractivity contribution in [3.05, 3.63) is 115 Å². The molecule has 0 radical (unpaired) electrons. The van der Waals surface area contributed by atoms with Crippen LogP contribution >= 0.6 is 6.89 Å². The minimum absolute atomic E-state index is 0.0323. The lowest BCUT2D eigenvalue weighted by molar-refractivity contribution is -0.157. The molecule has 5 rings (SSSR count). The zero-order chi connectivity index (χ0) is 44.9. The number of ketones is 1. The lowest BCUT2D eigenvalue weighted by atomic mass is 9.79. The summed E-state index contributed by atoms with van der Waals surface area (Å²) >= 11 is 0. The Bertz CT molecular complexity index is 2080. The van der Waals surface area contributed by atoms with Gasteiger partial charge in [-0.05, 0) is 53.5 Å². The standard InChI is InChI=1S/C47H60N3O9PSi/c1-11-27-57-46(56)49-31-35(58-45(55)48(7)8)29-34(49)28-32(2)40(51)30-39-41(33(3)59-61(9,10)47(4,5)6)42(52)50(39)43(44(53)54)60(36-21-15-12-16-22-36,37-23-17-13-18-24-37)38-25-19-14-20-26-38/h11-26,28,33-35,39,41H,1,27,29-31H2,2-10H3,(H,53,54)/t33-,34-,35-,39-,41-/m1/s1. The van der Waals surface area contributed by atoms with Crippen molar-refractivity contribution in [3.8, 4) is 0 Å². The molecule has 12 nitrogen and oxygen atoms in total. The molecule has 3 aromatic rings. The van der Waals surface area contributed by atoms with Crippen molar-refractivity contribution >= 4 is 66.4 Å². The maximum Gasteiger partial charge on any atom is 0.410 e. The third-order valence-electron chi connectivity index (χ3n) is 12.0. The molecule has 0 saturated carbocycles. The second-order valence-corrected chi connectivity index (χ2v) is 25.5. The lowest BCUT2D eigenvalue weighted by Gasteiger charge is -2.52. The number of β-lactam (4-membered cyclic amide) rings is 1. The molecule has 14 heteroatoms. The van der Waals surface area contributed by atoms with Crippen LogP contribution in [0, 0.1) is 5.92 Å². The summed E-state index contributed by atoms with van der Waals surface area (Å²) < 4.78 is 17.8. The zero-order valence-electron chi connectivity index (χ0n) is 36.7. The van der Waals surface area contributed by atoms with E-state index < -0.39 is 69.5 Å². The Hall–Kier alpha value is -5.23. The molecule has 0 bridgehead atoms. The van der Waals surface area contributed by atoms with E-state index in [2.05, 4.69) is 40.4 Å². The van der Waals surface area contributed by atoms with Gasteiger partial charge < -0.3 is 28.8 Å². The molecule has 2 fully saturated rings. The Balaban J connectivity index is 1.68. The first kappa shape index (κ1) is 46.8. The number of ether oxygens (including phenoxy) is 2. The van der Waals surface area contributed by atoms with E-state index in [-0.39, 0.29) is 42.2 Å². The molecular weight excluding hydrogens is 810 g/mol. The Labute approximate surface area is 361 Å². The van der Waals surface area contributed by atoms with Crippen LogP contribution in [0.2, 0.25) is 18.1 Å². The summed E-state index contributed by atoms with van der Waals surface area (Å²) in [5.41, 5.74) is 0.211. The Morgan fingerprint density at radius 2 is 1.44 bits per heavy atom. The van der Waals surface area contributed by atoms with E-state index >= 15 is 4.79 Å². The van der Waals surface area contributed by atoms with Crippen molar-refractivity contribution in [1.29, 1.82) is 0 Å². The summed E-state index contributed by atoms with van der Waals surface area (Å²) in [6.07, 6.45) is 0.587. The van der Waals surface area contributed by atoms with Crippen LogP contribution in [0.3, 0.4) is 0 Å². The van der Waals surface area contributed by atoms with Crippen molar-refractivity contribution in [1.82, 2.24) is 14.7 Å². The Morgan fingerprint density at radius 3 is 1.89 bits per heavy atom. The molecule has 2 saturated heterocycles. The van der Waals surface area contributed by atoms with Crippen LogP contribution in [0.15, 0.2) is 115 Å². The highest BCUT2D eigenvalue weighted by Crippen LogP contribution is 2.50. The number of nitrogens with zero attached hydrogens (tertiary/aromatic N) is 3. The number of hydrogen-bond acceptors (Lipinski definition) is 8. The lowest BCUT2D eigenvalue weighted by Crippen LogP contribution is -2.69. The van der Waals surface area contributed by atoms with Crippen LogP contribution < -0.4 is 15.9 Å². The monoisotopic (exact) mass is 869 g/mol. The summed E-state index contributed by atoms with van der Waals surface area (Å²) in [5, 5.41) is 13.6. The first-order valence-corrected chi connectivity index (χ1v) is 25.3. The number of carboxylic acids is 1. The van der Waals surface area contributed by atoms with Gasteiger partial charge in [0.1, 0.15) is 18.1 Å².